The molecule has 1 atom stereocenters. The quantitative estimate of drug-likeness (QED) is 0.580. The second-order valence-electron chi connectivity index (χ2n) is 4.36. The third kappa shape index (κ3) is 5.43. The van der Waals surface area contributed by atoms with Crippen LogP contribution in [0.5, 0.6) is 0 Å². The lowest BCUT2D eigenvalue weighted by molar-refractivity contribution is -0.117. The number of rotatable bonds is 7. The van der Waals surface area contributed by atoms with Crippen LogP contribution in [0.3, 0.4) is 0 Å². The number of hydrogen-bond donors (Lipinski definition) is 4. The van der Waals surface area contributed by atoms with Gasteiger partial charge in [-0.3, -0.25) is 14.9 Å². The first-order chi connectivity index (χ1) is 10.5. The fourth-order valence-corrected chi connectivity index (χ4v) is 2.37. The maximum atomic E-state index is 11.9. The van der Waals surface area contributed by atoms with Crippen LogP contribution in [0.2, 0.25) is 0 Å². The number of carbonyl (C=O) groups is 3. The summed E-state index contributed by atoms with van der Waals surface area (Å²) in [6.45, 7) is 2.23. The highest BCUT2D eigenvalue weighted by molar-refractivity contribution is 7.14. The van der Waals surface area contributed by atoms with E-state index in [2.05, 4.69) is 15.4 Å². The Morgan fingerprint density at radius 3 is 2.77 bits per heavy atom. The number of carbonyl (C=O) groups excluding carboxylic acids is 3. The lowest BCUT2D eigenvalue weighted by Crippen LogP contribution is -2.36. The van der Waals surface area contributed by atoms with Crippen LogP contribution in [0.4, 0.5) is 9.80 Å². The van der Waals surface area contributed by atoms with Gasteiger partial charge >= 0.3 is 6.09 Å². The van der Waals surface area contributed by atoms with Crippen molar-refractivity contribution >= 4 is 34.2 Å². The number of alkyl carbamates (subject to hydrolysis) is 1. The zero-order valence-electron chi connectivity index (χ0n) is 12.3. The van der Waals surface area contributed by atoms with Crippen molar-refractivity contribution in [1.82, 2.24) is 5.32 Å². The van der Waals surface area contributed by atoms with E-state index in [1.807, 2.05) is 0 Å². The van der Waals surface area contributed by atoms with Crippen LogP contribution in [0.25, 0.3) is 0 Å². The van der Waals surface area contributed by atoms with Crippen molar-refractivity contribution in [3.05, 3.63) is 17.0 Å². The van der Waals surface area contributed by atoms with Gasteiger partial charge in [0, 0.05) is 0 Å². The first-order valence-corrected chi connectivity index (χ1v) is 7.69. The number of ether oxygens (including phenoxy) is 1. The van der Waals surface area contributed by atoms with E-state index in [9.17, 15) is 14.4 Å². The predicted octanol–water partition coefficient (Wildman–Crippen LogP) is 0.639. The standard InChI is InChI=1S/C13H20N4O4S/c1-2-21-13(20)17-10(18)8-5-7-22-12(8)16-11(19)9(15)4-3-6-14/h5,7,9H,2-4,6,14-15H2,1H3,(H,16,19)(H,17,18,20). The highest BCUT2D eigenvalue weighted by atomic mass is 32.1. The topological polar surface area (TPSA) is 137 Å². The predicted molar refractivity (Wildman–Crippen MR) is 83.7 cm³/mol. The van der Waals surface area contributed by atoms with Crippen LogP contribution in [0.1, 0.15) is 30.1 Å². The fraction of sp³-hybridized carbons (Fsp3) is 0.462. The molecular weight excluding hydrogens is 308 g/mol. The lowest BCUT2D eigenvalue weighted by Gasteiger charge is -2.11. The number of thiophene rings is 1. The van der Waals surface area contributed by atoms with Crippen molar-refractivity contribution in [2.45, 2.75) is 25.8 Å². The summed E-state index contributed by atoms with van der Waals surface area (Å²) in [5, 5.41) is 6.61. The molecule has 8 nitrogen and oxygen atoms in total. The van der Waals surface area contributed by atoms with Gasteiger partial charge in [0.25, 0.3) is 5.91 Å². The minimum atomic E-state index is -0.837. The number of anilines is 1. The maximum absolute atomic E-state index is 11.9. The van der Waals surface area contributed by atoms with Gasteiger partial charge in [0.15, 0.2) is 0 Å². The first kappa shape index (κ1) is 18.1. The zero-order valence-corrected chi connectivity index (χ0v) is 13.1. The summed E-state index contributed by atoms with van der Waals surface area (Å²) < 4.78 is 4.63. The molecule has 6 N–H and O–H groups in total. The van der Waals surface area contributed by atoms with E-state index in [1.165, 1.54) is 6.07 Å². The summed E-state index contributed by atoms with van der Waals surface area (Å²) in [5.41, 5.74) is 11.3. The van der Waals surface area contributed by atoms with Gasteiger partial charge in [-0.05, 0) is 37.8 Å². The van der Waals surface area contributed by atoms with E-state index in [0.29, 0.717) is 24.4 Å². The molecule has 0 fully saturated rings. The Morgan fingerprint density at radius 2 is 2.14 bits per heavy atom. The molecule has 22 heavy (non-hydrogen) atoms. The molecule has 1 heterocycles. The number of nitrogens with one attached hydrogen (secondary N) is 2. The molecule has 0 aromatic carbocycles. The summed E-state index contributed by atoms with van der Waals surface area (Å²) in [6.07, 6.45) is 0.253. The first-order valence-electron chi connectivity index (χ1n) is 6.81. The Labute approximate surface area is 132 Å². The van der Waals surface area contributed by atoms with E-state index in [0.717, 1.165) is 11.3 Å². The Hall–Kier alpha value is -1.97. The molecule has 0 aliphatic rings. The number of amides is 3. The van der Waals surface area contributed by atoms with Gasteiger partial charge < -0.3 is 21.5 Å². The second-order valence-corrected chi connectivity index (χ2v) is 5.28. The van der Waals surface area contributed by atoms with E-state index in [1.54, 1.807) is 12.3 Å². The molecule has 0 aliphatic heterocycles. The lowest BCUT2D eigenvalue weighted by atomic mass is 10.1. The van der Waals surface area contributed by atoms with Crippen LogP contribution < -0.4 is 22.1 Å². The van der Waals surface area contributed by atoms with Gasteiger partial charge in [0.2, 0.25) is 5.91 Å². The third-order valence-corrected chi connectivity index (χ3v) is 3.52. The van der Waals surface area contributed by atoms with Crippen LogP contribution in [0.15, 0.2) is 11.4 Å². The Kier molecular flexibility index (Phi) is 7.50. The smallest absolute Gasteiger partial charge is 0.414 e. The van der Waals surface area contributed by atoms with Crippen LogP contribution >= 0.6 is 11.3 Å². The van der Waals surface area contributed by atoms with Crippen LogP contribution in [0, 0.1) is 0 Å². The molecule has 0 saturated heterocycles. The van der Waals surface area contributed by atoms with Crippen molar-refractivity contribution in [2.75, 3.05) is 18.5 Å². The van der Waals surface area contributed by atoms with Gasteiger partial charge in [0.1, 0.15) is 5.00 Å². The van der Waals surface area contributed by atoms with Gasteiger partial charge in [0.05, 0.1) is 18.2 Å². The van der Waals surface area contributed by atoms with Crippen molar-refractivity contribution in [2.24, 2.45) is 11.5 Å². The summed E-state index contributed by atoms with van der Waals surface area (Å²) in [7, 11) is 0. The Bertz CT molecular complexity index is 532. The highest BCUT2D eigenvalue weighted by Crippen LogP contribution is 2.23. The third-order valence-electron chi connectivity index (χ3n) is 2.69. The number of imide groups is 1. The summed E-state index contributed by atoms with van der Waals surface area (Å²) >= 11 is 1.16. The normalized spacial score (nSPS) is 11.6. The van der Waals surface area contributed by atoms with Crippen molar-refractivity contribution in [3.8, 4) is 0 Å². The molecular formula is C13H20N4O4S. The summed E-state index contributed by atoms with van der Waals surface area (Å²) in [6, 6.07) is 0.798. The molecule has 0 saturated carbocycles. The average Bonchev–Trinajstić information content (AvgIpc) is 2.92. The van der Waals surface area contributed by atoms with Gasteiger partial charge in [-0.25, -0.2) is 4.79 Å². The molecule has 0 aliphatic carbocycles. The number of hydrogen-bond acceptors (Lipinski definition) is 7. The second kappa shape index (κ2) is 9.13. The maximum Gasteiger partial charge on any atom is 0.414 e. The molecule has 0 spiro atoms. The van der Waals surface area contributed by atoms with E-state index in [-0.39, 0.29) is 12.2 Å². The molecule has 1 aromatic rings. The molecule has 1 unspecified atom stereocenters. The van der Waals surface area contributed by atoms with Gasteiger partial charge in [-0.15, -0.1) is 11.3 Å². The molecule has 0 bridgehead atoms. The molecule has 1 rings (SSSR count). The zero-order chi connectivity index (χ0) is 16.5. The summed E-state index contributed by atoms with van der Waals surface area (Å²) in [5.74, 6) is -1.05. The van der Waals surface area contributed by atoms with E-state index < -0.39 is 23.9 Å². The Balaban J connectivity index is 2.66. The molecule has 1 aromatic heterocycles. The average molecular weight is 328 g/mol. The van der Waals surface area contributed by atoms with Gasteiger partial charge in [-0.2, -0.15) is 0 Å². The van der Waals surface area contributed by atoms with Crippen molar-refractivity contribution in [1.29, 1.82) is 0 Å². The van der Waals surface area contributed by atoms with Crippen LogP contribution in [-0.2, 0) is 9.53 Å². The SMILES string of the molecule is CCOC(=O)NC(=O)c1ccsc1NC(=O)C(N)CCCN. The van der Waals surface area contributed by atoms with E-state index >= 15 is 0 Å². The minimum absolute atomic E-state index is 0.155. The monoisotopic (exact) mass is 328 g/mol. The number of nitrogens with two attached hydrogens (primary N) is 2. The molecule has 9 heteroatoms. The largest absolute Gasteiger partial charge is 0.450 e. The van der Waals surface area contributed by atoms with Crippen molar-refractivity contribution in [3.63, 3.8) is 0 Å². The Morgan fingerprint density at radius 1 is 1.41 bits per heavy atom. The fourth-order valence-electron chi connectivity index (χ4n) is 1.59. The molecule has 122 valence electrons. The van der Waals surface area contributed by atoms with Gasteiger partial charge in [-0.1, -0.05) is 0 Å². The van der Waals surface area contributed by atoms with Crippen molar-refractivity contribution < 1.29 is 19.1 Å². The summed E-state index contributed by atoms with van der Waals surface area (Å²) in [4.78, 5) is 35.1. The molecule has 3 amide bonds. The molecule has 0 radical (unpaired) electrons. The highest BCUT2D eigenvalue weighted by Gasteiger charge is 2.20. The van der Waals surface area contributed by atoms with E-state index in [4.69, 9.17) is 11.5 Å². The van der Waals surface area contributed by atoms with Crippen LogP contribution in [-0.4, -0.2) is 37.1 Å². The minimum Gasteiger partial charge on any atom is -0.450 e.